The maximum absolute atomic E-state index is 15.2. The molecule has 0 radical (unpaired) electrons. The number of ether oxygens (including phenoxy) is 1. The summed E-state index contributed by atoms with van der Waals surface area (Å²) in [5.74, 6) is -2.15. The van der Waals surface area contributed by atoms with Gasteiger partial charge >= 0.3 is 0 Å². The van der Waals surface area contributed by atoms with Gasteiger partial charge in [0.05, 0.1) is 35.7 Å². The number of carbonyl (C=O) groups excluding carboxylic acids is 3. The molecule has 2 aromatic heterocycles. The highest BCUT2D eigenvalue weighted by Gasteiger charge is 2.37. The van der Waals surface area contributed by atoms with Crippen LogP contribution >= 0.6 is 11.3 Å². The number of hydrogen-bond acceptors (Lipinski definition) is 10. The normalized spacial score (nSPS) is 16.6. The molecule has 1 saturated carbocycles. The van der Waals surface area contributed by atoms with Crippen LogP contribution in [0.4, 0.5) is 10.2 Å². The third kappa shape index (κ3) is 7.45. The lowest BCUT2D eigenvalue weighted by Gasteiger charge is -2.27. The lowest BCUT2D eigenvalue weighted by atomic mass is 10.1. The molecule has 3 N–H and O–H groups in total. The molecule has 2 aliphatic rings. The Balaban J connectivity index is 1.42. The second-order valence-corrected chi connectivity index (χ2v) is 13.5. The average Bonchev–Trinajstić information content (AvgIpc) is 3.68. The maximum atomic E-state index is 15.2. The molecule has 1 aliphatic carbocycles. The number of thiazole rings is 1. The van der Waals surface area contributed by atoms with Crippen molar-refractivity contribution in [2.24, 2.45) is 0 Å². The number of rotatable bonds is 11. The number of hydrogen-bond donors (Lipinski definition) is 3. The second-order valence-electron chi connectivity index (χ2n) is 10.2. The van der Waals surface area contributed by atoms with Gasteiger partial charge in [0.15, 0.2) is 15.1 Å². The third-order valence-electron chi connectivity index (χ3n) is 6.86. The summed E-state index contributed by atoms with van der Waals surface area (Å²) in [5, 5.41) is 6.08. The topological polar surface area (TPSA) is 160 Å². The molecule has 3 amide bonds. The average molecular weight is 619 g/mol. The maximum Gasteiger partial charge on any atom is 0.245 e. The number of nitrogens with zero attached hydrogens (tertiary/aromatic N) is 3. The molecule has 1 unspecified atom stereocenters. The Bertz CT molecular complexity index is 1590. The van der Waals surface area contributed by atoms with Crippen molar-refractivity contribution in [1.29, 1.82) is 0 Å². The zero-order valence-corrected chi connectivity index (χ0v) is 24.5. The van der Waals surface area contributed by atoms with Crippen molar-refractivity contribution >= 4 is 54.9 Å². The van der Waals surface area contributed by atoms with E-state index in [-0.39, 0.29) is 46.9 Å². The summed E-state index contributed by atoms with van der Waals surface area (Å²) in [7, 11) is -4.08. The monoisotopic (exact) mass is 618 g/mol. The first kappa shape index (κ1) is 29.9. The zero-order chi connectivity index (χ0) is 29.9. The number of carbonyl (C=O) groups is 3. The van der Waals surface area contributed by atoms with Gasteiger partial charge in [-0.3, -0.25) is 19.3 Å². The molecular formula is C27H31FN6O6S2. The lowest BCUT2D eigenvalue weighted by Crippen LogP contribution is -2.43. The Morgan fingerprint density at radius 3 is 2.62 bits per heavy atom. The number of morpholine rings is 1. The van der Waals surface area contributed by atoms with Crippen LogP contribution in [0.3, 0.4) is 0 Å². The van der Waals surface area contributed by atoms with Crippen molar-refractivity contribution < 1.29 is 31.9 Å². The van der Waals surface area contributed by atoms with Crippen molar-refractivity contribution in [3.63, 3.8) is 0 Å². The number of fused-ring (bicyclic) bond motifs is 1. The molecule has 15 heteroatoms. The Kier molecular flexibility index (Phi) is 9.11. The molecule has 1 aliphatic heterocycles. The first-order chi connectivity index (χ1) is 20.1. The number of aromatic nitrogens is 2. The van der Waals surface area contributed by atoms with Gasteiger partial charge in [0, 0.05) is 56.0 Å². The predicted molar refractivity (Wildman–Crippen MR) is 155 cm³/mol. The van der Waals surface area contributed by atoms with Crippen molar-refractivity contribution in [3.8, 4) is 11.1 Å². The summed E-state index contributed by atoms with van der Waals surface area (Å²) in [6.45, 7) is 3.35. The predicted octanol–water partition coefficient (Wildman–Crippen LogP) is 1.64. The van der Waals surface area contributed by atoms with Gasteiger partial charge in [-0.25, -0.2) is 22.8 Å². The van der Waals surface area contributed by atoms with Crippen LogP contribution in [0, 0.1) is 5.82 Å². The van der Waals surface area contributed by atoms with Crippen LogP contribution in [-0.4, -0.2) is 92.2 Å². The number of sulfone groups is 1. The van der Waals surface area contributed by atoms with Crippen molar-refractivity contribution in [3.05, 3.63) is 41.3 Å². The molecule has 42 heavy (non-hydrogen) atoms. The number of pyridine rings is 1. The minimum absolute atomic E-state index is 0.0113. The first-order valence-electron chi connectivity index (χ1n) is 13.5. The van der Waals surface area contributed by atoms with E-state index < -0.39 is 32.7 Å². The third-order valence-corrected chi connectivity index (χ3v) is 9.99. The second kappa shape index (κ2) is 12.8. The summed E-state index contributed by atoms with van der Waals surface area (Å²) >= 11 is 0.977. The number of anilines is 1. The van der Waals surface area contributed by atoms with Crippen LogP contribution < -0.4 is 16.0 Å². The van der Waals surface area contributed by atoms with Gasteiger partial charge in [0.2, 0.25) is 17.7 Å². The quantitative estimate of drug-likeness (QED) is 0.290. The molecule has 0 bridgehead atoms. The van der Waals surface area contributed by atoms with Gasteiger partial charge in [-0.2, -0.15) is 0 Å². The van der Waals surface area contributed by atoms with Gasteiger partial charge in [0.1, 0.15) is 16.6 Å². The lowest BCUT2D eigenvalue weighted by molar-refractivity contribution is -0.126. The van der Waals surface area contributed by atoms with Crippen LogP contribution in [0.1, 0.15) is 30.0 Å². The molecule has 2 fully saturated rings. The van der Waals surface area contributed by atoms with Crippen molar-refractivity contribution in [1.82, 2.24) is 25.5 Å². The van der Waals surface area contributed by atoms with Crippen molar-refractivity contribution in [2.75, 3.05) is 50.5 Å². The van der Waals surface area contributed by atoms with Crippen LogP contribution in [0.25, 0.3) is 21.3 Å². The van der Waals surface area contributed by atoms with Crippen LogP contribution in [0.5, 0.6) is 0 Å². The van der Waals surface area contributed by atoms with E-state index in [1.54, 1.807) is 12.1 Å². The SMILES string of the molecule is CC(=O)Nc1ccc(-c2cc3sc(C(C(=O)NCC(=O)NC4CC4)S(=O)(=O)CCN4CCOCC4)nc3cc2F)cn1. The molecule has 1 atom stereocenters. The molecule has 12 nitrogen and oxygen atoms in total. The van der Waals surface area contributed by atoms with Gasteiger partial charge < -0.3 is 20.7 Å². The summed E-state index contributed by atoms with van der Waals surface area (Å²) in [6.07, 6.45) is 3.16. The minimum Gasteiger partial charge on any atom is -0.379 e. The standard InChI is InChI=1S/C27H31FN6O6S2/c1-16(35)31-23-5-2-17(14-29-23)19-12-22-21(13-20(19)28)33-27(41-22)25(26(37)30-15-24(36)32-18-3-4-18)42(38,39)11-8-34-6-9-40-10-7-34/h2,5,12-14,18,25H,3-4,6-11,15H2,1H3,(H,30,37)(H,32,36)(H,29,31,35). The molecule has 5 rings (SSSR count). The van der Waals surface area contributed by atoms with E-state index in [4.69, 9.17) is 4.74 Å². The van der Waals surface area contributed by atoms with Gasteiger partial charge in [-0.05, 0) is 31.0 Å². The van der Waals surface area contributed by atoms with Crippen LogP contribution in [0.2, 0.25) is 0 Å². The van der Waals surface area contributed by atoms with Gasteiger partial charge in [-0.15, -0.1) is 11.3 Å². The Morgan fingerprint density at radius 1 is 1.19 bits per heavy atom. The Labute approximate surface area is 246 Å². The van der Waals surface area contributed by atoms with Gasteiger partial charge in [0.25, 0.3) is 0 Å². The Hall–Kier alpha value is -3.53. The van der Waals surface area contributed by atoms with E-state index in [0.29, 0.717) is 42.4 Å². The molecule has 224 valence electrons. The minimum atomic E-state index is -4.08. The molecule has 1 aromatic carbocycles. The van der Waals surface area contributed by atoms with E-state index in [0.717, 1.165) is 24.2 Å². The molecular weight excluding hydrogens is 587 g/mol. The van der Waals surface area contributed by atoms with E-state index in [1.807, 2.05) is 4.90 Å². The molecule has 3 heterocycles. The summed E-state index contributed by atoms with van der Waals surface area (Å²) in [5.41, 5.74) is 0.840. The summed E-state index contributed by atoms with van der Waals surface area (Å²) in [6, 6.07) is 5.94. The summed E-state index contributed by atoms with van der Waals surface area (Å²) < 4.78 is 48.2. The number of amides is 3. The molecule has 3 aromatic rings. The van der Waals surface area contributed by atoms with Crippen LogP contribution in [0.15, 0.2) is 30.5 Å². The largest absolute Gasteiger partial charge is 0.379 e. The van der Waals surface area contributed by atoms with Crippen LogP contribution in [-0.2, 0) is 29.0 Å². The highest BCUT2D eigenvalue weighted by molar-refractivity contribution is 7.92. The smallest absolute Gasteiger partial charge is 0.245 e. The summed E-state index contributed by atoms with van der Waals surface area (Å²) in [4.78, 5) is 47.2. The molecule has 0 spiro atoms. The van der Waals surface area contributed by atoms with E-state index in [1.165, 1.54) is 25.3 Å². The highest BCUT2D eigenvalue weighted by Crippen LogP contribution is 2.35. The fourth-order valence-electron chi connectivity index (χ4n) is 4.50. The fourth-order valence-corrected chi connectivity index (χ4v) is 7.57. The van der Waals surface area contributed by atoms with Gasteiger partial charge in [-0.1, -0.05) is 0 Å². The molecule has 1 saturated heterocycles. The number of halogens is 1. The first-order valence-corrected chi connectivity index (χ1v) is 16.0. The number of nitrogens with one attached hydrogen (secondary N) is 3. The van der Waals surface area contributed by atoms with E-state index >= 15 is 4.39 Å². The fraction of sp³-hybridized carbons (Fsp3) is 0.444. The number of benzene rings is 1. The van der Waals surface area contributed by atoms with Crippen molar-refractivity contribution in [2.45, 2.75) is 31.1 Å². The zero-order valence-electron chi connectivity index (χ0n) is 22.9. The Morgan fingerprint density at radius 2 is 1.95 bits per heavy atom. The van der Waals surface area contributed by atoms with E-state index in [2.05, 4.69) is 25.9 Å². The van der Waals surface area contributed by atoms with E-state index in [9.17, 15) is 22.8 Å². The highest BCUT2D eigenvalue weighted by atomic mass is 32.2.